The zero-order valence-corrected chi connectivity index (χ0v) is 15.7. The first-order valence-electron chi connectivity index (χ1n) is 9.42. The van der Waals surface area contributed by atoms with Crippen LogP contribution in [0.25, 0.3) is 21.8 Å². The Balaban J connectivity index is 1.77. The lowest BCUT2D eigenvalue weighted by Crippen LogP contribution is -2.49. The van der Waals surface area contributed by atoms with Crippen LogP contribution in [0.3, 0.4) is 0 Å². The average molecular weight is 378 g/mol. The molecule has 1 fully saturated rings. The highest BCUT2D eigenvalue weighted by molar-refractivity contribution is 5.95. The third kappa shape index (κ3) is 2.95. The molecule has 0 radical (unpaired) electrons. The number of carboxylic acid groups (broad SMARTS) is 1. The minimum atomic E-state index is -0.915. The largest absolute Gasteiger partial charge is 0.481 e. The zero-order chi connectivity index (χ0) is 19.9. The number of aromatic nitrogens is 1. The van der Waals surface area contributed by atoms with Gasteiger partial charge in [-0.1, -0.05) is 24.3 Å². The fourth-order valence-corrected chi connectivity index (χ4v) is 4.11. The van der Waals surface area contributed by atoms with Crippen LogP contribution in [0, 0.1) is 5.41 Å². The molecule has 0 bridgehead atoms. The van der Waals surface area contributed by atoms with E-state index in [4.69, 9.17) is 0 Å². The lowest BCUT2D eigenvalue weighted by molar-refractivity contribution is -0.153. The van der Waals surface area contributed by atoms with Gasteiger partial charge in [0.1, 0.15) is 6.54 Å². The van der Waals surface area contributed by atoms with E-state index in [-0.39, 0.29) is 24.4 Å². The van der Waals surface area contributed by atoms with Crippen molar-refractivity contribution < 1.29 is 14.7 Å². The van der Waals surface area contributed by atoms with E-state index in [1.807, 2.05) is 41.0 Å². The topological polar surface area (TPSA) is 79.6 Å². The maximum atomic E-state index is 13.1. The predicted molar refractivity (Wildman–Crippen MR) is 107 cm³/mol. The van der Waals surface area contributed by atoms with E-state index in [0.29, 0.717) is 41.2 Å². The number of nitrogens with zero attached hydrogens (tertiary/aromatic N) is 2. The van der Waals surface area contributed by atoms with Crippen LogP contribution in [-0.4, -0.2) is 39.5 Å². The summed E-state index contributed by atoms with van der Waals surface area (Å²) in [5, 5.41) is 10.7. The number of likely N-dealkylation sites (tertiary alicyclic amines) is 1. The SMILES string of the molecule is CC1(C(=O)O)CCCN(C(=O)Cn2c3ccccc3c(=O)c3ccccc32)C1. The molecule has 144 valence electrons. The Kier molecular flexibility index (Phi) is 4.41. The molecule has 6 heteroatoms. The van der Waals surface area contributed by atoms with Crippen molar-refractivity contribution in [1.29, 1.82) is 0 Å². The molecule has 0 spiro atoms. The summed E-state index contributed by atoms with van der Waals surface area (Å²) in [5.74, 6) is -1.00. The summed E-state index contributed by atoms with van der Waals surface area (Å²) in [6.45, 7) is 2.52. The molecule has 1 atom stereocenters. The number of piperidine rings is 1. The summed E-state index contributed by atoms with van der Waals surface area (Å²) >= 11 is 0. The molecule has 1 aliphatic heterocycles. The van der Waals surface area contributed by atoms with Crippen LogP contribution in [0.2, 0.25) is 0 Å². The molecule has 3 aromatic rings. The van der Waals surface area contributed by atoms with Gasteiger partial charge in [0.05, 0.1) is 16.4 Å². The molecular formula is C22H22N2O4. The van der Waals surface area contributed by atoms with E-state index in [9.17, 15) is 19.5 Å². The lowest BCUT2D eigenvalue weighted by Gasteiger charge is -2.37. The summed E-state index contributed by atoms with van der Waals surface area (Å²) in [4.78, 5) is 39.1. The monoisotopic (exact) mass is 378 g/mol. The van der Waals surface area contributed by atoms with Crippen molar-refractivity contribution in [2.45, 2.75) is 26.3 Å². The molecule has 0 saturated carbocycles. The Morgan fingerprint density at radius 3 is 2.18 bits per heavy atom. The first-order chi connectivity index (χ1) is 13.4. The van der Waals surface area contributed by atoms with Crippen LogP contribution in [0.15, 0.2) is 53.3 Å². The van der Waals surface area contributed by atoms with Crippen LogP contribution in [0.5, 0.6) is 0 Å². The number of carboxylic acids is 1. The minimum absolute atomic E-state index is 0.0497. The number of carbonyl (C=O) groups excluding carboxylic acids is 1. The molecule has 2 aromatic carbocycles. The molecular weight excluding hydrogens is 356 g/mol. The van der Waals surface area contributed by atoms with Gasteiger partial charge in [0, 0.05) is 23.9 Å². The molecule has 1 aliphatic rings. The lowest BCUT2D eigenvalue weighted by atomic mass is 9.82. The molecule has 1 N–H and O–H groups in total. The molecule has 2 heterocycles. The Hall–Kier alpha value is -3.15. The number of hydrogen-bond donors (Lipinski definition) is 1. The Bertz CT molecular complexity index is 1090. The smallest absolute Gasteiger partial charge is 0.311 e. The third-order valence-electron chi connectivity index (χ3n) is 5.74. The molecule has 1 aromatic heterocycles. The fraction of sp³-hybridized carbons (Fsp3) is 0.318. The normalized spacial score (nSPS) is 19.8. The van der Waals surface area contributed by atoms with E-state index in [2.05, 4.69) is 0 Å². The molecule has 0 aliphatic carbocycles. The molecule has 1 saturated heterocycles. The Morgan fingerprint density at radius 2 is 1.61 bits per heavy atom. The van der Waals surface area contributed by atoms with Crippen molar-refractivity contribution in [2.24, 2.45) is 5.41 Å². The van der Waals surface area contributed by atoms with Crippen molar-refractivity contribution in [3.8, 4) is 0 Å². The summed E-state index contributed by atoms with van der Waals surface area (Å²) in [6, 6.07) is 14.5. The third-order valence-corrected chi connectivity index (χ3v) is 5.74. The van der Waals surface area contributed by atoms with Gasteiger partial charge in [-0.25, -0.2) is 0 Å². The summed E-state index contributed by atoms with van der Waals surface area (Å²) in [6.07, 6.45) is 1.23. The summed E-state index contributed by atoms with van der Waals surface area (Å²) in [5.41, 5.74) is 0.447. The van der Waals surface area contributed by atoms with Crippen molar-refractivity contribution in [1.82, 2.24) is 9.47 Å². The highest BCUT2D eigenvalue weighted by Gasteiger charge is 2.39. The second-order valence-corrected chi connectivity index (χ2v) is 7.73. The number of benzene rings is 2. The van der Waals surface area contributed by atoms with Gasteiger partial charge < -0.3 is 14.6 Å². The van der Waals surface area contributed by atoms with Gasteiger partial charge in [-0.05, 0) is 44.0 Å². The van der Waals surface area contributed by atoms with E-state index < -0.39 is 11.4 Å². The van der Waals surface area contributed by atoms with E-state index >= 15 is 0 Å². The minimum Gasteiger partial charge on any atom is -0.481 e. The summed E-state index contributed by atoms with van der Waals surface area (Å²) in [7, 11) is 0. The number of hydrogen-bond acceptors (Lipinski definition) is 3. The quantitative estimate of drug-likeness (QED) is 0.711. The molecule has 28 heavy (non-hydrogen) atoms. The van der Waals surface area contributed by atoms with Gasteiger partial charge in [-0.3, -0.25) is 14.4 Å². The Labute approximate surface area is 162 Å². The number of para-hydroxylation sites is 2. The number of aliphatic carboxylic acids is 1. The first kappa shape index (κ1) is 18.2. The number of amides is 1. The standard InChI is InChI=1S/C22H22N2O4/c1-22(21(27)28)11-6-12-23(14-22)19(25)13-24-17-9-4-2-7-15(17)20(26)16-8-3-5-10-18(16)24/h2-5,7-10H,6,11-14H2,1H3,(H,27,28). The van der Waals surface area contributed by atoms with E-state index in [1.54, 1.807) is 24.0 Å². The van der Waals surface area contributed by atoms with Crippen molar-refractivity contribution in [3.63, 3.8) is 0 Å². The fourth-order valence-electron chi connectivity index (χ4n) is 4.11. The highest BCUT2D eigenvalue weighted by Crippen LogP contribution is 2.30. The molecule has 4 rings (SSSR count). The maximum Gasteiger partial charge on any atom is 0.311 e. The van der Waals surface area contributed by atoms with Gasteiger partial charge in [0.2, 0.25) is 5.91 Å². The van der Waals surface area contributed by atoms with Gasteiger partial charge in [0.15, 0.2) is 5.43 Å². The number of fused-ring (bicyclic) bond motifs is 2. The zero-order valence-electron chi connectivity index (χ0n) is 15.7. The van der Waals surface area contributed by atoms with Crippen LogP contribution in [-0.2, 0) is 16.1 Å². The van der Waals surface area contributed by atoms with Crippen LogP contribution >= 0.6 is 0 Å². The molecule has 1 amide bonds. The van der Waals surface area contributed by atoms with Crippen molar-refractivity contribution in [3.05, 3.63) is 58.8 Å². The second-order valence-electron chi connectivity index (χ2n) is 7.73. The average Bonchev–Trinajstić information content (AvgIpc) is 2.71. The van der Waals surface area contributed by atoms with Crippen LogP contribution < -0.4 is 5.43 Å². The van der Waals surface area contributed by atoms with Crippen molar-refractivity contribution >= 4 is 33.7 Å². The predicted octanol–water partition coefficient (Wildman–Crippen LogP) is 2.87. The van der Waals surface area contributed by atoms with Gasteiger partial charge in [-0.15, -0.1) is 0 Å². The van der Waals surface area contributed by atoms with Gasteiger partial charge in [0.25, 0.3) is 0 Å². The second kappa shape index (κ2) is 6.78. The maximum absolute atomic E-state index is 13.1. The van der Waals surface area contributed by atoms with Gasteiger partial charge in [-0.2, -0.15) is 0 Å². The molecule has 6 nitrogen and oxygen atoms in total. The Morgan fingerprint density at radius 1 is 1.04 bits per heavy atom. The molecule has 1 unspecified atom stereocenters. The number of carbonyl (C=O) groups is 2. The van der Waals surface area contributed by atoms with Crippen molar-refractivity contribution in [2.75, 3.05) is 13.1 Å². The van der Waals surface area contributed by atoms with E-state index in [1.165, 1.54) is 0 Å². The highest BCUT2D eigenvalue weighted by atomic mass is 16.4. The van der Waals surface area contributed by atoms with Crippen LogP contribution in [0.4, 0.5) is 0 Å². The van der Waals surface area contributed by atoms with E-state index in [0.717, 1.165) is 0 Å². The summed E-state index contributed by atoms with van der Waals surface area (Å²) < 4.78 is 1.86. The first-order valence-corrected chi connectivity index (χ1v) is 9.42. The van der Waals surface area contributed by atoms with Crippen LogP contribution in [0.1, 0.15) is 19.8 Å². The number of rotatable bonds is 3. The number of pyridine rings is 1. The van der Waals surface area contributed by atoms with Gasteiger partial charge >= 0.3 is 5.97 Å².